The number of rotatable bonds is 4. The second kappa shape index (κ2) is 5.77. The normalized spacial score (nSPS) is 23.0. The lowest BCUT2D eigenvalue weighted by Gasteiger charge is -2.37. The summed E-state index contributed by atoms with van der Waals surface area (Å²) in [5.74, 6) is 0.597. The zero-order valence-electron chi connectivity index (χ0n) is 11.8. The molecular weight excluding hydrogens is 272 g/mol. The Bertz CT molecular complexity index is 559. The molecule has 1 unspecified atom stereocenters. The predicted octanol–water partition coefficient (Wildman–Crippen LogP) is 1.44. The van der Waals surface area contributed by atoms with Gasteiger partial charge >= 0.3 is 5.82 Å². The molecule has 2 saturated heterocycles. The first-order valence-electron chi connectivity index (χ1n) is 7.27. The highest BCUT2D eigenvalue weighted by atomic mass is 16.6. The summed E-state index contributed by atoms with van der Waals surface area (Å²) in [6, 6.07) is 4.58. The van der Waals surface area contributed by atoms with Gasteiger partial charge in [-0.15, -0.1) is 0 Å². The fourth-order valence-corrected chi connectivity index (χ4v) is 2.88. The number of piperidine rings is 1. The Kier molecular flexibility index (Phi) is 3.83. The van der Waals surface area contributed by atoms with E-state index in [4.69, 9.17) is 0 Å². The first kappa shape index (κ1) is 13.9. The molecule has 1 amide bonds. The van der Waals surface area contributed by atoms with Crippen molar-refractivity contribution in [2.75, 3.05) is 31.1 Å². The first-order valence-corrected chi connectivity index (χ1v) is 7.27. The Morgan fingerprint density at radius 1 is 1.38 bits per heavy atom. The number of nitrogens with zero attached hydrogens (tertiary/aromatic N) is 4. The van der Waals surface area contributed by atoms with Crippen molar-refractivity contribution in [1.29, 1.82) is 0 Å². The highest BCUT2D eigenvalue weighted by molar-refractivity contribution is 5.93. The molecule has 0 aliphatic carbocycles. The third-order valence-electron chi connectivity index (χ3n) is 4.16. The molecule has 0 bridgehead atoms. The molecule has 1 aromatic rings. The van der Waals surface area contributed by atoms with Crippen LogP contribution in [0.3, 0.4) is 0 Å². The number of carbonyl (C=O) groups excluding carboxylic acids is 1. The quantitative estimate of drug-likeness (QED) is 0.619. The fourth-order valence-electron chi connectivity index (χ4n) is 2.88. The van der Waals surface area contributed by atoms with Crippen molar-refractivity contribution in [3.05, 3.63) is 28.3 Å². The lowest BCUT2D eigenvalue weighted by Crippen LogP contribution is -2.47. The van der Waals surface area contributed by atoms with Crippen LogP contribution in [-0.4, -0.2) is 46.9 Å². The van der Waals surface area contributed by atoms with Crippen LogP contribution in [0.2, 0.25) is 0 Å². The summed E-state index contributed by atoms with van der Waals surface area (Å²) in [6.45, 7) is 3.88. The smallest absolute Gasteiger partial charge is 0.358 e. The number of aromatic nitrogens is 1. The van der Waals surface area contributed by atoms with E-state index in [-0.39, 0.29) is 11.7 Å². The van der Waals surface area contributed by atoms with E-state index in [9.17, 15) is 14.9 Å². The minimum Gasteiger partial charge on any atom is -0.358 e. The average molecular weight is 290 g/mol. The van der Waals surface area contributed by atoms with E-state index in [0.717, 1.165) is 26.1 Å². The van der Waals surface area contributed by atoms with Gasteiger partial charge in [0.25, 0.3) is 0 Å². The predicted molar refractivity (Wildman–Crippen MR) is 77.0 cm³/mol. The Morgan fingerprint density at radius 2 is 2.19 bits per heavy atom. The summed E-state index contributed by atoms with van der Waals surface area (Å²) >= 11 is 0. The molecule has 1 atom stereocenters. The second-order valence-corrected chi connectivity index (χ2v) is 5.67. The number of nitro groups is 1. The standard InChI is InChI=1S/C14H18N4O3/c19-14-6-5-11(9-16-7-2-8-16)10-17(14)12-3-1-4-13(15-12)18(20)21/h1,3-4,11H,2,5-10H2. The molecule has 0 aromatic carbocycles. The molecule has 2 aliphatic rings. The van der Waals surface area contributed by atoms with Crippen LogP contribution in [0.25, 0.3) is 0 Å². The van der Waals surface area contributed by atoms with E-state index < -0.39 is 4.92 Å². The van der Waals surface area contributed by atoms with Crippen LogP contribution < -0.4 is 4.90 Å². The maximum atomic E-state index is 12.1. The molecule has 7 nitrogen and oxygen atoms in total. The largest absolute Gasteiger partial charge is 0.365 e. The highest BCUT2D eigenvalue weighted by Gasteiger charge is 2.31. The average Bonchev–Trinajstić information content (AvgIpc) is 2.44. The molecule has 2 aliphatic heterocycles. The lowest BCUT2D eigenvalue weighted by molar-refractivity contribution is -0.389. The van der Waals surface area contributed by atoms with Gasteiger partial charge in [0, 0.05) is 31.6 Å². The van der Waals surface area contributed by atoms with Gasteiger partial charge in [-0.05, 0) is 47.8 Å². The van der Waals surface area contributed by atoms with Crippen LogP contribution >= 0.6 is 0 Å². The number of hydrogen-bond acceptors (Lipinski definition) is 5. The molecule has 3 rings (SSSR count). The summed E-state index contributed by atoms with van der Waals surface area (Å²) in [5, 5.41) is 10.8. The number of anilines is 1. The van der Waals surface area contributed by atoms with Crippen molar-refractivity contribution in [3.8, 4) is 0 Å². The van der Waals surface area contributed by atoms with E-state index in [1.807, 2.05) is 0 Å². The molecule has 21 heavy (non-hydrogen) atoms. The number of amides is 1. The molecule has 1 aromatic heterocycles. The van der Waals surface area contributed by atoms with Gasteiger partial charge in [-0.2, -0.15) is 0 Å². The molecule has 112 valence electrons. The van der Waals surface area contributed by atoms with Gasteiger partial charge in [0.15, 0.2) is 0 Å². The van der Waals surface area contributed by atoms with Crippen molar-refractivity contribution in [3.63, 3.8) is 0 Å². The maximum absolute atomic E-state index is 12.1. The van der Waals surface area contributed by atoms with Gasteiger partial charge in [0.1, 0.15) is 0 Å². The van der Waals surface area contributed by atoms with Crippen LogP contribution in [0.1, 0.15) is 19.3 Å². The maximum Gasteiger partial charge on any atom is 0.365 e. The molecular formula is C14H18N4O3. The number of carbonyl (C=O) groups is 1. The topological polar surface area (TPSA) is 79.6 Å². The van der Waals surface area contributed by atoms with Gasteiger partial charge in [0.05, 0.1) is 0 Å². The summed E-state index contributed by atoms with van der Waals surface area (Å²) < 4.78 is 0. The molecule has 0 saturated carbocycles. The fraction of sp³-hybridized carbons (Fsp3) is 0.571. The third-order valence-corrected chi connectivity index (χ3v) is 4.16. The minimum atomic E-state index is -0.532. The van der Waals surface area contributed by atoms with Crippen LogP contribution in [0.15, 0.2) is 18.2 Å². The Morgan fingerprint density at radius 3 is 2.86 bits per heavy atom. The van der Waals surface area contributed by atoms with Gasteiger partial charge in [-0.25, -0.2) is 0 Å². The van der Waals surface area contributed by atoms with Crippen LogP contribution in [0.5, 0.6) is 0 Å². The van der Waals surface area contributed by atoms with Crippen LogP contribution in [0, 0.1) is 16.0 Å². The van der Waals surface area contributed by atoms with E-state index in [1.54, 1.807) is 17.0 Å². The molecule has 0 spiro atoms. The highest BCUT2D eigenvalue weighted by Crippen LogP contribution is 2.25. The molecule has 0 N–H and O–H groups in total. The number of likely N-dealkylation sites (tertiary alicyclic amines) is 1. The van der Waals surface area contributed by atoms with Crippen LogP contribution in [0.4, 0.5) is 11.6 Å². The lowest BCUT2D eigenvalue weighted by atomic mass is 9.95. The van der Waals surface area contributed by atoms with Gasteiger partial charge in [-0.3, -0.25) is 9.69 Å². The Labute approximate surface area is 122 Å². The molecule has 0 radical (unpaired) electrons. The van der Waals surface area contributed by atoms with Crippen molar-refractivity contribution < 1.29 is 9.72 Å². The minimum absolute atomic E-state index is 0.00265. The molecule has 7 heteroatoms. The third kappa shape index (κ3) is 3.02. The second-order valence-electron chi connectivity index (χ2n) is 5.67. The summed E-state index contributed by atoms with van der Waals surface area (Å²) in [6.07, 6.45) is 2.63. The van der Waals surface area contributed by atoms with E-state index >= 15 is 0 Å². The first-order chi connectivity index (χ1) is 10.1. The van der Waals surface area contributed by atoms with Crippen LogP contribution in [-0.2, 0) is 4.79 Å². The summed E-state index contributed by atoms with van der Waals surface area (Å²) in [7, 11) is 0. The SMILES string of the molecule is O=C1CCC(CN2CCC2)CN1c1cccc([N+](=O)[O-])n1. The Balaban J connectivity index is 1.73. The zero-order chi connectivity index (χ0) is 14.8. The molecule has 2 fully saturated rings. The van der Waals surface area contributed by atoms with Gasteiger partial charge in [0.2, 0.25) is 11.7 Å². The monoisotopic (exact) mass is 290 g/mol. The van der Waals surface area contributed by atoms with E-state index in [1.165, 1.54) is 12.5 Å². The van der Waals surface area contributed by atoms with Crippen molar-refractivity contribution in [1.82, 2.24) is 9.88 Å². The molecule has 3 heterocycles. The van der Waals surface area contributed by atoms with Crippen molar-refractivity contribution in [2.45, 2.75) is 19.3 Å². The van der Waals surface area contributed by atoms with Crippen molar-refractivity contribution in [2.24, 2.45) is 5.92 Å². The van der Waals surface area contributed by atoms with Gasteiger partial charge in [-0.1, -0.05) is 0 Å². The Hall–Kier alpha value is -2.02. The number of pyridine rings is 1. The summed E-state index contributed by atoms with van der Waals surface area (Å²) in [5.41, 5.74) is 0. The summed E-state index contributed by atoms with van der Waals surface area (Å²) in [4.78, 5) is 30.3. The zero-order valence-corrected chi connectivity index (χ0v) is 11.8. The number of hydrogen-bond donors (Lipinski definition) is 0. The van der Waals surface area contributed by atoms with Crippen molar-refractivity contribution >= 4 is 17.5 Å². The van der Waals surface area contributed by atoms with E-state index in [2.05, 4.69) is 9.88 Å². The van der Waals surface area contributed by atoms with E-state index in [0.29, 0.717) is 24.7 Å². The van der Waals surface area contributed by atoms with Gasteiger partial charge < -0.3 is 15.0 Å².